The van der Waals surface area contributed by atoms with E-state index in [-0.39, 0.29) is 16.3 Å². The maximum absolute atomic E-state index is 12.0. The van der Waals surface area contributed by atoms with Crippen LogP contribution in [-0.2, 0) is 4.79 Å². The third kappa shape index (κ3) is 3.86. The van der Waals surface area contributed by atoms with Crippen LogP contribution in [0.5, 0.6) is 5.75 Å². The van der Waals surface area contributed by atoms with Gasteiger partial charge in [0.25, 0.3) is 0 Å². The van der Waals surface area contributed by atoms with E-state index in [2.05, 4.69) is 4.74 Å². The number of aliphatic carboxylic acids is 1. The minimum absolute atomic E-state index is 0.136. The van der Waals surface area contributed by atoms with Crippen LogP contribution in [0.3, 0.4) is 0 Å². The molecule has 0 unspecified atom stereocenters. The number of carbonyl (C=O) groups excluding carboxylic acids is 1. The van der Waals surface area contributed by atoms with Crippen LogP contribution in [0.15, 0.2) is 24.3 Å². The number of hydrogen-bond acceptors (Lipinski definition) is 3. The third-order valence-electron chi connectivity index (χ3n) is 1.59. The summed E-state index contributed by atoms with van der Waals surface area (Å²) >= 11 is 5.63. The lowest BCUT2D eigenvalue weighted by Crippen LogP contribution is -2.18. The number of hydrogen-bond donors (Lipinski definition) is 0. The number of carbonyl (C=O) groups is 1. The fourth-order valence-corrected chi connectivity index (χ4v) is 1.19. The van der Waals surface area contributed by atoms with Gasteiger partial charge < -0.3 is 14.6 Å². The number of rotatable bonds is 4. The Labute approximate surface area is 94.9 Å². The molecular weight excluding hydrogens is 242 g/mol. The first kappa shape index (κ1) is 12.4. The van der Waals surface area contributed by atoms with Crippen molar-refractivity contribution < 1.29 is 23.4 Å². The first-order chi connectivity index (χ1) is 7.49. The molecular formula is C10H6ClF2O3-. The zero-order chi connectivity index (χ0) is 12.1. The summed E-state index contributed by atoms with van der Waals surface area (Å²) in [6.07, 6.45) is 1.77. The summed E-state index contributed by atoms with van der Waals surface area (Å²) in [5.41, 5.74) is 0.136. The molecule has 0 saturated heterocycles. The summed E-state index contributed by atoms with van der Waals surface area (Å²) in [7, 11) is 0. The summed E-state index contributed by atoms with van der Waals surface area (Å²) in [6.45, 7) is -2.99. The van der Waals surface area contributed by atoms with Crippen LogP contribution in [0.1, 0.15) is 5.56 Å². The standard InChI is InChI=1S/C10H7ClF2O3/c11-7-2-3-8(16-10(12)13)6(5-7)1-4-9(14)15/h1-5,10H,(H,14,15)/p-1/b4-1+. The second-order valence-corrected chi connectivity index (χ2v) is 3.15. The normalized spacial score (nSPS) is 11.0. The van der Waals surface area contributed by atoms with Gasteiger partial charge in [0.15, 0.2) is 0 Å². The molecule has 3 nitrogen and oxygen atoms in total. The van der Waals surface area contributed by atoms with Crippen molar-refractivity contribution in [3.05, 3.63) is 34.9 Å². The van der Waals surface area contributed by atoms with E-state index >= 15 is 0 Å². The molecule has 1 aromatic rings. The number of carboxylic acid groups (broad SMARTS) is 1. The Bertz CT molecular complexity index is 419. The van der Waals surface area contributed by atoms with Crippen LogP contribution in [0, 0.1) is 0 Å². The molecule has 86 valence electrons. The molecule has 0 aromatic heterocycles. The maximum Gasteiger partial charge on any atom is 0.387 e. The van der Waals surface area contributed by atoms with Gasteiger partial charge in [0.2, 0.25) is 0 Å². The molecule has 0 saturated carbocycles. The van der Waals surface area contributed by atoms with Crippen LogP contribution in [0.25, 0.3) is 6.08 Å². The molecule has 16 heavy (non-hydrogen) atoms. The summed E-state index contributed by atoms with van der Waals surface area (Å²) in [5, 5.41) is 10.4. The third-order valence-corrected chi connectivity index (χ3v) is 1.82. The van der Waals surface area contributed by atoms with Crippen molar-refractivity contribution >= 4 is 23.6 Å². The molecule has 0 fully saturated rings. The Morgan fingerprint density at radius 1 is 1.50 bits per heavy atom. The molecule has 1 rings (SSSR count). The summed E-state index contributed by atoms with van der Waals surface area (Å²) in [4.78, 5) is 10.2. The molecule has 0 aliphatic carbocycles. The Balaban J connectivity index is 3.03. The van der Waals surface area contributed by atoms with Crippen LogP contribution in [-0.4, -0.2) is 12.6 Å². The predicted octanol–water partition coefficient (Wildman–Crippen LogP) is 1.70. The highest BCUT2D eigenvalue weighted by atomic mass is 35.5. The predicted molar refractivity (Wildman–Crippen MR) is 52.1 cm³/mol. The Morgan fingerprint density at radius 2 is 2.19 bits per heavy atom. The van der Waals surface area contributed by atoms with Crippen molar-refractivity contribution in [1.82, 2.24) is 0 Å². The monoisotopic (exact) mass is 247 g/mol. The molecule has 0 radical (unpaired) electrons. The molecule has 0 heterocycles. The van der Waals surface area contributed by atoms with Gasteiger partial charge in [-0.05, 0) is 30.4 Å². The van der Waals surface area contributed by atoms with Crippen molar-refractivity contribution in [2.24, 2.45) is 0 Å². The van der Waals surface area contributed by atoms with E-state index in [1.165, 1.54) is 18.2 Å². The maximum atomic E-state index is 12.0. The van der Waals surface area contributed by atoms with Gasteiger partial charge >= 0.3 is 6.61 Å². The highest BCUT2D eigenvalue weighted by molar-refractivity contribution is 6.30. The average molecular weight is 248 g/mol. The molecule has 0 aliphatic rings. The molecule has 0 N–H and O–H groups in total. The number of ether oxygens (including phenoxy) is 1. The van der Waals surface area contributed by atoms with Crippen molar-refractivity contribution in [3.8, 4) is 5.75 Å². The van der Waals surface area contributed by atoms with Gasteiger partial charge in [0.05, 0.1) is 5.97 Å². The van der Waals surface area contributed by atoms with Crippen LogP contribution in [0.2, 0.25) is 5.02 Å². The Hall–Kier alpha value is -1.62. The topological polar surface area (TPSA) is 49.4 Å². The number of alkyl halides is 2. The van der Waals surface area contributed by atoms with Crippen LogP contribution in [0.4, 0.5) is 8.78 Å². The van der Waals surface area contributed by atoms with Crippen molar-refractivity contribution in [2.45, 2.75) is 6.61 Å². The molecule has 6 heteroatoms. The molecule has 1 aromatic carbocycles. The van der Waals surface area contributed by atoms with E-state index in [9.17, 15) is 18.7 Å². The second kappa shape index (κ2) is 5.46. The van der Waals surface area contributed by atoms with Gasteiger partial charge in [-0.25, -0.2) is 0 Å². The fourth-order valence-electron chi connectivity index (χ4n) is 1.01. The van der Waals surface area contributed by atoms with E-state index in [1.807, 2.05) is 0 Å². The van der Waals surface area contributed by atoms with Gasteiger partial charge in [0.1, 0.15) is 5.75 Å². The van der Waals surface area contributed by atoms with Gasteiger partial charge in [-0.1, -0.05) is 11.6 Å². The van der Waals surface area contributed by atoms with Crippen molar-refractivity contribution in [3.63, 3.8) is 0 Å². The number of halogens is 3. The molecule has 0 spiro atoms. The van der Waals surface area contributed by atoms with Crippen LogP contribution < -0.4 is 9.84 Å². The minimum atomic E-state index is -2.99. The summed E-state index contributed by atoms with van der Waals surface area (Å²) in [5.74, 6) is -1.60. The van der Waals surface area contributed by atoms with E-state index < -0.39 is 12.6 Å². The molecule has 0 aliphatic heterocycles. The first-order valence-corrected chi connectivity index (χ1v) is 4.50. The summed E-state index contributed by atoms with van der Waals surface area (Å²) in [6, 6.07) is 3.89. The highest BCUT2D eigenvalue weighted by Crippen LogP contribution is 2.25. The van der Waals surface area contributed by atoms with E-state index in [1.54, 1.807) is 0 Å². The van der Waals surface area contributed by atoms with Gasteiger partial charge in [-0.3, -0.25) is 0 Å². The Kier molecular flexibility index (Phi) is 4.25. The van der Waals surface area contributed by atoms with Gasteiger partial charge in [0, 0.05) is 10.6 Å². The SMILES string of the molecule is O=C([O-])/C=C/c1cc(Cl)ccc1OC(F)F. The fraction of sp³-hybridized carbons (Fsp3) is 0.100. The number of carboxylic acids is 1. The van der Waals surface area contributed by atoms with Crippen molar-refractivity contribution in [1.29, 1.82) is 0 Å². The first-order valence-electron chi connectivity index (χ1n) is 4.12. The average Bonchev–Trinajstić information content (AvgIpc) is 2.17. The van der Waals surface area contributed by atoms with Gasteiger partial charge in [-0.15, -0.1) is 0 Å². The van der Waals surface area contributed by atoms with Gasteiger partial charge in [-0.2, -0.15) is 8.78 Å². The molecule has 0 amide bonds. The smallest absolute Gasteiger partial charge is 0.387 e. The zero-order valence-corrected chi connectivity index (χ0v) is 8.58. The van der Waals surface area contributed by atoms with Crippen molar-refractivity contribution in [2.75, 3.05) is 0 Å². The second-order valence-electron chi connectivity index (χ2n) is 2.71. The molecule has 0 atom stereocenters. The Morgan fingerprint density at radius 3 is 2.75 bits per heavy atom. The largest absolute Gasteiger partial charge is 0.545 e. The summed E-state index contributed by atoms with van der Waals surface area (Å²) < 4.78 is 28.2. The molecule has 0 bridgehead atoms. The van der Waals surface area contributed by atoms with E-state index in [0.717, 1.165) is 6.08 Å². The lowest BCUT2D eigenvalue weighted by Gasteiger charge is -2.08. The highest BCUT2D eigenvalue weighted by Gasteiger charge is 2.08. The lowest BCUT2D eigenvalue weighted by molar-refractivity contribution is -0.297. The lowest BCUT2D eigenvalue weighted by atomic mass is 10.2. The quantitative estimate of drug-likeness (QED) is 0.761. The van der Waals surface area contributed by atoms with E-state index in [4.69, 9.17) is 11.6 Å². The van der Waals surface area contributed by atoms with E-state index in [0.29, 0.717) is 6.08 Å². The van der Waals surface area contributed by atoms with Crippen LogP contribution >= 0.6 is 11.6 Å². The minimum Gasteiger partial charge on any atom is -0.545 e. The number of benzene rings is 1. The zero-order valence-electron chi connectivity index (χ0n) is 7.82.